The van der Waals surface area contributed by atoms with Crippen molar-refractivity contribution in [1.82, 2.24) is 14.9 Å². The average Bonchev–Trinajstić information content (AvgIpc) is 3.05. The summed E-state index contributed by atoms with van der Waals surface area (Å²) < 4.78 is 14.7. The van der Waals surface area contributed by atoms with Crippen molar-refractivity contribution in [3.63, 3.8) is 0 Å². The molecule has 0 aliphatic carbocycles. The Labute approximate surface area is 140 Å². The maximum atomic E-state index is 13.0. The fraction of sp³-hybridized carbons (Fsp3) is 0.158. The second-order valence-corrected chi connectivity index (χ2v) is 5.62. The highest BCUT2D eigenvalue weighted by Crippen LogP contribution is 2.12. The number of imidazole rings is 1. The zero-order valence-corrected chi connectivity index (χ0v) is 13.4. The van der Waals surface area contributed by atoms with Crippen LogP contribution in [0.3, 0.4) is 0 Å². The highest BCUT2D eigenvalue weighted by molar-refractivity contribution is 5.93. The smallest absolute Gasteiger partial charge is 0.269 e. The SMILES string of the molecule is Cc1cccc(CCNC(=O)c2cncn2-c2ccc(F)cc2)c1. The highest BCUT2D eigenvalue weighted by atomic mass is 19.1. The number of carbonyl (C=O) groups excluding carboxylic acids is 1. The number of rotatable bonds is 5. The summed E-state index contributed by atoms with van der Waals surface area (Å²) in [5, 5.41) is 2.90. The van der Waals surface area contributed by atoms with Crippen LogP contribution in [0, 0.1) is 12.7 Å². The van der Waals surface area contributed by atoms with Crippen LogP contribution in [0.15, 0.2) is 61.1 Å². The summed E-state index contributed by atoms with van der Waals surface area (Å²) in [5.74, 6) is -0.521. The molecule has 1 N–H and O–H groups in total. The summed E-state index contributed by atoms with van der Waals surface area (Å²) in [5.41, 5.74) is 3.50. The monoisotopic (exact) mass is 323 g/mol. The predicted molar refractivity (Wildman–Crippen MR) is 90.7 cm³/mol. The van der Waals surface area contributed by atoms with E-state index in [9.17, 15) is 9.18 Å². The number of halogens is 1. The number of hydrogen-bond acceptors (Lipinski definition) is 2. The third-order valence-corrected chi connectivity index (χ3v) is 3.76. The van der Waals surface area contributed by atoms with Gasteiger partial charge in [-0.3, -0.25) is 9.36 Å². The Hall–Kier alpha value is -2.95. The number of hydrogen-bond donors (Lipinski definition) is 1. The molecule has 0 saturated carbocycles. The number of amides is 1. The summed E-state index contributed by atoms with van der Waals surface area (Å²) in [7, 11) is 0. The Morgan fingerprint density at radius 2 is 2.00 bits per heavy atom. The van der Waals surface area contributed by atoms with Crippen LogP contribution in [-0.2, 0) is 6.42 Å². The lowest BCUT2D eigenvalue weighted by atomic mass is 10.1. The zero-order chi connectivity index (χ0) is 16.9. The Bertz CT molecular complexity index is 840. The molecule has 0 spiro atoms. The van der Waals surface area contributed by atoms with Crippen LogP contribution < -0.4 is 5.32 Å². The van der Waals surface area contributed by atoms with E-state index in [-0.39, 0.29) is 11.7 Å². The fourth-order valence-electron chi connectivity index (χ4n) is 2.55. The second-order valence-electron chi connectivity index (χ2n) is 5.62. The van der Waals surface area contributed by atoms with Gasteiger partial charge in [0.25, 0.3) is 5.91 Å². The molecule has 0 aliphatic rings. The molecule has 1 amide bonds. The van der Waals surface area contributed by atoms with Crippen molar-refractivity contribution < 1.29 is 9.18 Å². The van der Waals surface area contributed by atoms with E-state index in [1.165, 1.54) is 29.5 Å². The van der Waals surface area contributed by atoms with Gasteiger partial charge < -0.3 is 5.32 Å². The molecule has 0 unspecified atom stereocenters. The molecule has 0 radical (unpaired) electrons. The van der Waals surface area contributed by atoms with Crippen molar-refractivity contribution in [1.29, 1.82) is 0 Å². The van der Waals surface area contributed by atoms with Crippen LogP contribution in [0.5, 0.6) is 0 Å². The number of aromatic nitrogens is 2. The molecule has 0 saturated heterocycles. The first kappa shape index (κ1) is 15.9. The first-order valence-corrected chi connectivity index (χ1v) is 7.75. The molecular formula is C19H18FN3O. The van der Waals surface area contributed by atoms with E-state index in [4.69, 9.17) is 0 Å². The molecule has 1 aromatic heterocycles. The third kappa shape index (κ3) is 3.68. The van der Waals surface area contributed by atoms with Gasteiger partial charge in [-0.25, -0.2) is 9.37 Å². The Balaban J connectivity index is 1.66. The molecule has 3 rings (SSSR count). The molecule has 1 heterocycles. The maximum absolute atomic E-state index is 13.0. The van der Waals surface area contributed by atoms with Gasteiger partial charge in [-0.15, -0.1) is 0 Å². The van der Waals surface area contributed by atoms with E-state index in [0.29, 0.717) is 17.9 Å². The summed E-state index contributed by atoms with van der Waals surface area (Å²) in [6, 6.07) is 14.1. The van der Waals surface area contributed by atoms with Crippen LogP contribution >= 0.6 is 0 Å². The number of aryl methyl sites for hydroxylation is 1. The number of nitrogens with one attached hydrogen (secondary N) is 1. The van der Waals surface area contributed by atoms with Gasteiger partial charge in [-0.2, -0.15) is 0 Å². The van der Waals surface area contributed by atoms with E-state index in [1.54, 1.807) is 23.0 Å². The highest BCUT2D eigenvalue weighted by Gasteiger charge is 2.12. The molecule has 5 heteroatoms. The minimum atomic E-state index is -0.317. The van der Waals surface area contributed by atoms with Crippen LogP contribution in [0.4, 0.5) is 4.39 Å². The summed E-state index contributed by atoms with van der Waals surface area (Å²) in [6.07, 6.45) is 3.81. The van der Waals surface area contributed by atoms with Crippen LogP contribution in [-0.4, -0.2) is 22.0 Å². The van der Waals surface area contributed by atoms with Gasteiger partial charge in [0, 0.05) is 12.2 Å². The summed E-state index contributed by atoms with van der Waals surface area (Å²) >= 11 is 0. The Kier molecular flexibility index (Phi) is 4.70. The lowest BCUT2D eigenvalue weighted by Crippen LogP contribution is -2.27. The van der Waals surface area contributed by atoms with Crippen molar-refractivity contribution in [2.24, 2.45) is 0 Å². The fourth-order valence-corrected chi connectivity index (χ4v) is 2.55. The van der Waals surface area contributed by atoms with Gasteiger partial charge in [-0.1, -0.05) is 29.8 Å². The van der Waals surface area contributed by atoms with Gasteiger partial charge in [0.1, 0.15) is 11.5 Å². The minimum Gasteiger partial charge on any atom is -0.350 e. The summed E-state index contributed by atoms with van der Waals surface area (Å²) in [4.78, 5) is 16.4. The molecule has 24 heavy (non-hydrogen) atoms. The Morgan fingerprint density at radius 3 is 2.75 bits per heavy atom. The number of carbonyl (C=O) groups is 1. The van der Waals surface area contributed by atoms with Crippen LogP contribution in [0.2, 0.25) is 0 Å². The third-order valence-electron chi connectivity index (χ3n) is 3.76. The molecule has 0 fully saturated rings. The standard InChI is InChI=1S/C19H18FN3O/c1-14-3-2-4-15(11-14)9-10-22-19(24)18-12-21-13-23(18)17-7-5-16(20)6-8-17/h2-8,11-13H,9-10H2,1H3,(H,22,24). The predicted octanol–water partition coefficient (Wildman–Crippen LogP) is 3.29. The lowest BCUT2D eigenvalue weighted by molar-refractivity contribution is 0.0947. The second kappa shape index (κ2) is 7.08. The van der Waals surface area contributed by atoms with Crippen molar-refractivity contribution in [3.05, 3.63) is 83.7 Å². The quantitative estimate of drug-likeness (QED) is 0.783. The van der Waals surface area contributed by atoms with Crippen molar-refractivity contribution in [2.45, 2.75) is 13.3 Å². The van der Waals surface area contributed by atoms with E-state index in [1.807, 2.05) is 25.1 Å². The van der Waals surface area contributed by atoms with E-state index >= 15 is 0 Å². The molecule has 0 atom stereocenters. The van der Waals surface area contributed by atoms with Crippen LogP contribution in [0.25, 0.3) is 5.69 Å². The zero-order valence-electron chi connectivity index (χ0n) is 13.4. The first-order valence-electron chi connectivity index (χ1n) is 7.75. The van der Waals surface area contributed by atoms with Crippen molar-refractivity contribution in [2.75, 3.05) is 6.54 Å². The van der Waals surface area contributed by atoms with Gasteiger partial charge >= 0.3 is 0 Å². The molecule has 0 aliphatic heterocycles. The minimum absolute atomic E-state index is 0.204. The topological polar surface area (TPSA) is 46.9 Å². The number of nitrogens with zero attached hydrogens (tertiary/aromatic N) is 2. The van der Waals surface area contributed by atoms with E-state index in [2.05, 4.69) is 16.4 Å². The van der Waals surface area contributed by atoms with Crippen molar-refractivity contribution in [3.8, 4) is 5.69 Å². The summed E-state index contributed by atoms with van der Waals surface area (Å²) in [6.45, 7) is 2.58. The van der Waals surface area contributed by atoms with Crippen LogP contribution in [0.1, 0.15) is 21.6 Å². The molecule has 122 valence electrons. The lowest BCUT2D eigenvalue weighted by Gasteiger charge is -2.09. The molecule has 3 aromatic rings. The van der Waals surface area contributed by atoms with E-state index in [0.717, 1.165) is 6.42 Å². The van der Waals surface area contributed by atoms with Gasteiger partial charge in [0.05, 0.1) is 12.5 Å². The number of benzene rings is 2. The molecule has 2 aromatic carbocycles. The maximum Gasteiger partial charge on any atom is 0.269 e. The average molecular weight is 323 g/mol. The normalized spacial score (nSPS) is 10.6. The van der Waals surface area contributed by atoms with E-state index < -0.39 is 0 Å². The van der Waals surface area contributed by atoms with Gasteiger partial charge in [0.2, 0.25) is 0 Å². The van der Waals surface area contributed by atoms with Gasteiger partial charge in [0.15, 0.2) is 0 Å². The Morgan fingerprint density at radius 1 is 1.21 bits per heavy atom. The first-order chi connectivity index (χ1) is 11.6. The molecular weight excluding hydrogens is 305 g/mol. The largest absolute Gasteiger partial charge is 0.350 e. The molecule has 0 bridgehead atoms. The van der Waals surface area contributed by atoms with Crippen molar-refractivity contribution >= 4 is 5.91 Å². The molecule has 4 nitrogen and oxygen atoms in total. The van der Waals surface area contributed by atoms with Gasteiger partial charge in [-0.05, 0) is 43.2 Å².